The van der Waals surface area contributed by atoms with Crippen LogP contribution in [0.4, 0.5) is 0 Å². The highest BCUT2D eigenvalue weighted by Crippen LogP contribution is 2.19. The van der Waals surface area contributed by atoms with E-state index in [1.54, 1.807) is 0 Å². The van der Waals surface area contributed by atoms with Crippen LogP contribution < -0.4 is 5.32 Å². The molecule has 4 nitrogen and oxygen atoms in total. The van der Waals surface area contributed by atoms with Crippen molar-refractivity contribution in [2.45, 2.75) is 77.5 Å². The molecule has 3 atom stereocenters. The summed E-state index contributed by atoms with van der Waals surface area (Å²) in [4.78, 5) is 0. The lowest BCUT2D eigenvalue weighted by Crippen LogP contribution is -2.35. The van der Waals surface area contributed by atoms with Gasteiger partial charge in [0, 0.05) is 31.3 Å². The van der Waals surface area contributed by atoms with E-state index in [1.165, 1.54) is 25.0 Å². The van der Waals surface area contributed by atoms with Crippen LogP contribution in [0.1, 0.15) is 64.6 Å². The highest BCUT2D eigenvalue weighted by Gasteiger charge is 2.21. The van der Waals surface area contributed by atoms with E-state index in [0.717, 1.165) is 32.4 Å². The SMILES string of the molecule is CCCNC(Cc1ccn(C(C)CC)n1)CC1CCCO1. The van der Waals surface area contributed by atoms with E-state index in [4.69, 9.17) is 9.84 Å². The topological polar surface area (TPSA) is 39.1 Å². The van der Waals surface area contributed by atoms with Gasteiger partial charge in [0.1, 0.15) is 0 Å². The molecule has 1 N–H and O–H groups in total. The zero-order valence-corrected chi connectivity index (χ0v) is 13.8. The zero-order valence-electron chi connectivity index (χ0n) is 13.8. The van der Waals surface area contributed by atoms with Gasteiger partial charge in [-0.1, -0.05) is 13.8 Å². The summed E-state index contributed by atoms with van der Waals surface area (Å²) in [7, 11) is 0. The Labute approximate surface area is 129 Å². The fourth-order valence-corrected chi connectivity index (χ4v) is 2.91. The molecule has 2 rings (SSSR count). The van der Waals surface area contributed by atoms with Gasteiger partial charge in [0.25, 0.3) is 0 Å². The number of ether oxygens (including phenoxy) is 1. The summed E-state index contributed by atoms with van der Waals surface area (Å²) in [6, 6.07) is 3.13. The van der Waals surface area contributed by atoms with E-state index in [2.05, 4.69) is 43.0 Å². The lowest BCUT2D eigenvalue weighted by molar-refractivity contribution is 0.0944. The van der Waals surface area contributed by atoms with Crippen LogP contribution in [-0.2, 0) is 11.2 Å². The van der Waals surface area contributed by atoms with Crippen LogP contribution in [0.2, 0.25) is 0 Å². The van der Waals surface area contributed by atoms with Crippen molar-refractivity contribution < 1.29 is 4.74 Å². The first-order valence-electron chi connectivity index (χ1n) is 8.61. The molecule has 1 saturated heterocycles. The van der Waals surface area contributed by atoms with Crippen LogP contribution in [0.3, 0.4) is 0 Å². The minimum absolute atomic E-state index is 0.441. The second-order valence-electron chi connectivity index (χ2n) is 6.27. The number of nitrogens with one attached hydrogen (secondary N) is 1. The first-order valence-corrected chi connectivity index (χ1v) is 8.61. The van der Waals surface area contributed by atoms with Crippen LogP contribution in [0.25, 0.3) is 0 Å². The van der Waals surface area contributed by atoms with Crippen molar-refractivity contribution in [2.24, 2.45) is 0 Å². The molecule has 0 aromatic carbocycles. The lowest BCUT2D eigenvalue weighted by Gasteiger charge is -2.21. The fraction of sp³-hybridized carbons (Fsp3) is 0.824. The second-order valence-corrected chi connectivity index (χ2v) is 6.27. The first-order chi connectivity index (χ1) is 10.2. The molecule has 0 aliphatic carbocycles. The van der Waals surface area contributed by atoms with Gasteiger partial charge in [-0.05, 0) is 51.6 Å². The Balaban J connectivity index is 1.91. The largest absolute Gasteiger partial charge is 0.378 e. The smallest absolute Gasteiger partial charge is 0.0640 e. The third kappa shape index (κ3) is 5.11. The van der Waals surface area contributed by atoms with Crippen LogP contribution >= 0.6 is 0 Å². The van der Waals surface area contributed by atoms with E-state index in [-0.39, 0.29) is 0 Å². The molecule has 3 unspecified atom stereocenters. The van der Waals surface area contributed by atoms with E-state index in [0.29, 0.717) is 18.2 Å². The number of rotatable bonds is 9. The average Bonchev–Trinajstić information content (AvgIpc) is 3.15. The van der Waals surface area contributed by atoms with Crippen LogP contribution in [0.15, 0.2) is 12.3 Å². The van der Waals surface area contributed by atoms with Gasteiger partial charge in [-0.15, -0.1) is 0 Å². The molecule has 1 aliphatic rings. The van der Waals surface area contributed by atoms with E-state index >= 15 is 0 Å². The lowest BCUT2D eigenvalue weighted by atomic mass is 10.0. The van der Waals surface area contributed by atoms with Gasteiger partial charge in [0.05, 0.1) is 11.8 Å². The van der Waals surface area contributed by atoms with Crippen molar-refractivity contribution in [3.63, 3.8) is 0 Å². The third-order valence-corrected chi connectivity index (χ3v) is 4.42. The van der Waals surface area contributed by atoms with Crippen molar-refractivity contribution in [2.75, 3.05) is 13.2 Å². The van der Waals surface area contributed by atoms with Gasteiger partial charge < -0.3 is 10.1 Å². The Hall–Kier alpha value is -0.870. The van der Waals surface area contributed by atoms with Crippen molar-refractivity contribution in [1.82, 2.24) is 15.1 Å². The molecule has 0 spiro atoms. The molecule has 0 amide bonds. The normalized spacial score (nSPS) is 21.6. The molecule has 1 aliphatic heterocycles. The number of aromatic nitrogens is 2. The second kappa shape index (κ2) is 8.54. The van der Waals surface area contributed by atoms with Crippen molar-refractivity contribution in [3.05, 3.63) is 18.0 Å². The summed E-state index contributed by atoms with van der Waals surface area (Å²) in [5, 5.41) is 8.41. The standard InChI is InChI=1S/C17H31N3O/c1-4-9-18-16(13-17-7-6-11-21-17)12-15-8-10-20(19-15)14(3)5-2/h8,10,14,16-18H,4-7,9,11-13H2,1-3H3. The van der Waals surface area contributed by atoms with E-state index < -0.39 is 0 Å². The Kier molecular flexibility index (Phi) is 6.71. The quantitative estimate of drug-likeness (QED) is 0.759. The first kappa shape index (κ1) is 16.5. The summed E-state index contributed by atoms with van der Waals surface area (Å²) in [6.45, 7) is 8.65. The minimum atomic E-state index is 0.441. The molecule has 0 bridgehead atoms. The summed E-state index contributed by atoms with van der Waals surface area (Å²) in [6.07, 6.45) is 9.39. The molecule has 1 aromatic heterocycles. The predicted molar refractivity (Wildman–Crippen MR) is 86.6 cm³/mol. The van der Waals surface area contributed by atoms with E-state index in [9.17, 15) is 0 Å². The Bertz CT molecular complexity index is 398. The molecular formula is C17H31N3O. The van der Waals surface area contributed by atoms with Crippen molar-refractivity contribution >= 4 is 0 Å². The number of hydrogen-bond acceptors (Lipinski definition) is 3. The minimum Gasteiger partial charge on any atom is -0.378 e. The predicted octanol–water partition coefficient (Wildman–Crippen LogP) is 3.33. The summed E-state index contributed by atoms with van der Waals surface area (Å²) < 4.78 is 7.89. The Morgan fingerprint density at radius 2 is 2.33 bits per heavy atom. The maximum absolute atomic E-state index is 5.80. The fourth-order valence-electron chi connectivity index (χ4n) is 2.91. The maximum Gasteiger partial charge on any atom is 0.0640 e. The van der Waals surface area contributed by atoms with Gasteiger partial charge >= 0.3 is 0 Å². The summed E-state index contributed by atoms with van der Waals surface area (Å²) in [5.74, 6) is 0. The van der Waals surface area contributed by atoms with Gasteiger partial charge in [0.2, 0.25) is 0 Å². The van der Waals surface area contributed by atoms with Gasteiger partial charge in [0.15, 0.2) is 0 Å². The molecule has 4 heteroatoms. The summed E-state index contributed by atoms with van der Waals surface area (Å²) in [5.41, 5.74) is 1.20. The van der Waals surface area contributed by atoms with Crippen molar-refractivity contribution in [1.29, 1.82) is 0 Å². The zero-order chi connectivity index (χ0) is 15.1. The monoisotopic (exact) mass is 293 g/mol. The van der Waals surface area contributed by atoms with E-state index in [1.807, 2.05) is 0 Å². The molecule has 0 radical (unpaired) electrons. The average molecular weight is 293 g/mol. The van der Waals surface area contributed by atoms with Crippen LogP contribution in [0, 0.1) is 0 Å². The molecule has 1 fully saturated rings. The molecular weight excluding hydrogens is 262 g/mol. The maximum atomic E-state index is 5.80. The molecule has 120 valence electrons. The van der Waals surface area contributed by atoms with Gasteiger partial charge in [-0.25, -0.2) is 0 Å². The highest BCUT2D eigenvalue weighted by molar-refractivity contribution is 5.02. The Morgan fingerprint density at radius 3 is 3.00 bits per heavy atom. The molecule has 0 saturated carbocycles. The van der Waals surface area contributed by atoms with Gasteiger partial charge in [-0.2, -0.15) is 5.10 Å². The van der Waals surface area contributed by atoms with Gasteiger partial charge in [-0.3, -0.25) is 4.68 Å². The number of nitrogens with zero attached hydrogens (tertiary/aromatic N) is 2. The third-order valence-electron chi connectivity index (χ3n) is 4.42. The molecule has 2 heterocycles. The Morgan fingerprint density at radius 1 is 1.48 bits per heavy atom. The van der Waals surface area contributed by atoms with Crippen LogP contribution in [-0.4, -0.2) is 35.1 Å². The number of hydrogen-bond donors (Lipinski definition) is 1. The highest BCUT2D eigenvalue weighted by atomic mass is 16.5. The summed E-state index contributed by atoms with van der Waals surface area (Å²) >= 11 is 0. The molecule has 1 aromatic rings. The van der Waals surface area contributed by atoms with Crippen molar-refractivity contribution in [3.8, 4) is 0 Å². The molecule has 21 heavy (non-hydrogen) atoms. The van der Waals surface area contributed by atoms with Crippen LogP contribution in [0.5, 0.6) is 0 Å².